The third kappa shape index (κ3) is 25.9. The molecule has 0 rings (SSSR count). The van der Waals surface area contributed by atoms with Crippen molar-refractivity contribution in [3.8, 4) is 0 Å². The molecule has 0 aromatic heterocycles. The molecule has 0 aromatic carbocycles. The van der Waals surface area contributed by atoms with E-state index in [-0.39, 0.29) is 27.4 Å². The Morgan fingerprint density at radius 1 is 1.36 bits per heavy atom. The normalized spacial score (nSPS) is 8.27. The first-order chi connectivity index (χ1) is 3.42. The lowest BCUT2D eigenvalue weighted by atomic mass is 10.5. The SMILES string of the molecule is C[N+](C)(C)CC(=O)O.O.P.[OH-]. The van der Waals surface area contributed by atoms with Crippen LogP contribution < -0.4 is 0 Å². The Hall–Kier alpha value is -0.220. The number of rotatable bonds is 2. The van der Waals surface area contributed by atoms with Crippen LogP contribution in [0.1, 0.15) is 0 Å². The highest BCUT2D eigenvalue weighted by atomic mass is 31.0. The first-order valence-corrected chi connectivity index (χ1v) is 2.44. The maximum absolute atomic E-state index is 10.00. The Morgan fingerprint density at radius 2 is 1.64 bits per heavy atom. The van der Waals surface area contributed by atoms with Crippen LogP contribution in [-0.4, -0.2) is 54.2 Å². The van der Waals surface area contributed by atoms with E-state index in [1.54, 1.807) is 0 Å². The molecule has 0 bridgehead atoms. The second-order valence-electron chi connectivity index (χ2n) is 2.84. The molecule has 1 atom stereocenters. The van der Waals surface area contributed by atoms with E-state index in [9.17, 15) is 4.79 Å². The molecule has 0 saturated carbocycles. The minimum atomic E-state index is -0.752. The molecule has 5 nitrogen and oxygen atoms in total. The van der Waals surface area contributed by atoms with Crippen LogP contribution in [0.3, 0.4) is 0 Å². The van der Waals surface area contributed by atoms with Gasteiger partial charge in [0.05, 0.1) is 21.1 Å². The molecule has 1 unspecified atom stereocenters. The second-order valence-corrected chi connectivity index (χ2v) is 2.84. The van der Waals surface area contributed by atoms with Gasteiger partial charge in [-0.15, -0.1) is 0 Å². The summed E-state index contributed by atoms with van der Waals surface area (Å²) in [6.45, 7) is 0.181. The average Bonchev–Trinajstić information content (AvgIpc) is 1.21. The number of nitrogens with zero attached hydrogens (tertiary/aromatic N) is 1. The highest BCUT2D eigenvalue weighted by molar-refractivity contribution is 6.92. The minimum Gasteiger partial charge on any atom is -0.870 e. The van der Waals surface area contributed by atoms with Gasteiger partial charge in [-0.2, -0.15) is 9.90 Å². The van der Waals surface area contributed by atoms with Gasteiger partial charge in [-0.3, -0.25) is 0 Å². The predicted octanol–water partition coefficient (Wildman–Crippen LogP) is -1.17. The summed E-state index contributed by atoms with van der Waals surface area (Å²) in [6, 6.07) is 0. The van der Waals surface area contributed by atoms with Crippen LogP contribution >= 0.6 is 9.90 Å². The fraction of sp³-hybridized carbons (Fsp3) is 0.800. The Kier molecular flexibility index (Phi) is 16.1. The zero-order chi connectivity index (χ0) is 6.78. The highest BCUT2D eigenvalue weighted by Gasteiger charge is 2.11. The first-order valence-electron chi connectivity index (χ1n) is 2.44. The third-order valence-electron chi connectivity index (χ3n) is 0.610. The van der Waals surface area contributed by atoms with E-state index in [0.717, 1.165) is 0 Å². The van der Waals surface area contributed by atoms with Crippen LogP contribution in [0.15, 0.2) is 0 Å². The zero-order valence-electron chi connectivity index (χ0n) is 7.16. The molecule has 72 valence electrons. The highest BCUT2D eigenvalue weighted by Crippen LogP contribution is 1.86. The molecule has 0 aliphatic heterocycles. The molecule has 0 radical (unpaired) electrons. The van der Waals surface area contributed by atoms with Crippen LogP contribution in [-0.2, 0) is 4.79 Å². The first kappa shape index (κ1) is 22.4. The lowest BCUT2D eigenvalue weighted by Crippen LogP contribution is -2.39. The topological polar surface area (TPSA) is 98.8 Å². The molecule has 6 heteroatoms. The van der Waals surface area contributed by atoms with Crippen molar-refractivity contribution in [1.29, 1.82) is 0 Å². The number of carboxylic acid groups (broad SMARTS) is 1. The molecule has 0 saturated heterocycles. The number of hydrogen-bond acceptors (Lipinski definition) is 2. The van der Waals surface area contributed by atoms with Gasteiger partial charge >= 0.3 is 5.97 Å². The molecule has 0 spiro atoms. The van der Waals surface area contributed by atoms with Gasteiger partial charge in [0.1, 0.15) is 0 Å². The summed E-state index contributed by atoms with van der Waals surface area (Å²) in [5.74, 6) is -0.752. The van der Waals surface area contributed by atoms with Gasteiger partial charge in [0, 0.05) is 0 Å². The second kappa shape index (κ2) is 7.88. The molecular formula is C5H18NO4P. The summed E-state index contributed by atoms with van der Waals surface area (Å²) < 4.78 is 0.481. The number of quaternary nitrogens is 1. The molecule has 11 heavy (non-hydrogen) atoms. The van der Waals surface area contributed by atoms with Crippen molar-refractivity contribution < 1.29 is 25.3 Å². The quantitative estimate of drug-likeness (QED) is 0.435. The maximum Gasteiger partial charge on any atom is 0.359 e. The van der Waals surface area contributed by atoms with Crippen molar-refractivity contribution in [1.82, 2.24) is 0 Å². The summed E-state index contributed by atoms with van der Waals surface area (Å²) in [5, 5.41) is 8.23. The molecule has 0 amide bonds. The summed E-state index contributed by atoms with van der Waals surface area (Å²) in [6.07, 6.45) is 0. The Labute approximate surface area is 69.8 Å². The number of hydrogen-bond donors (Lipinski definition) is 1. The largest absolute Gasteiger partial charge is 0.870 e. The zero-order valence-corrected chi connectivity index (χ0v) is 8.58. The smallest absolute Gasteiger partial charge is 0.359 e. The van der Waals surface area contributed by atoms with Gasteiger partial charge in [0.2, 0.25) is 0 Å². The fourth-order valence-corrected chi connectivity index (χ4v) is 0.406. The van der Waals surface area contributed by atoms with E-state index in [0.29, 0.717) is 4.48 Å². The standard InChI is InChI=1S/C5H11NO2.2H2O.H3P/c1-6(2,3)4-5(7)8;;;/h4H2,1-3H3;2*1H2;1H3. The Balaban J connectivity index is -0.0000000817. The van der Waals surface area contributed by atoms with Gasteiger partial charge < -0.3 is 20.5 Å². The van der Waals surface area contributed by atoms with Gasteiger partial charge in [-0.25, -0.2) is 4.79 Å². The number of likely N-dealkylation sites (N-methyl/N-ethyl adjacent to an activating group) is 1. The lowest BCUT2D eigenvalue weighted by molar-refractivity contribution is -0.862. The maximum atomic E-state index is 10.00. The van der Waals surface area contributed by atoms with E-state index >= 15 is 0 Å². The van der Waals surface area contributed by atoms with Crippen molar-refractivity contribution in [2.24, 2.45) is 0 Å². The van der Waals surface area contributed by atoms with E-state index in [1.165, 1.54) is 0 Å². The minimum absolute atomic E-state index is 0. The average molecular weight is 187 g/mol. The predicted molar refractivity (Wildman–Crippen MR) is 47.2 cm³/mol. The van der Waals surface area contributed by atoms with Crippen molar-refractivity contribution in [3.63, 3.8) is 0 Å². The van der Waals surface area contributed by atoms with Crippen molar-refractivity contribution in [3.05, 3.63) is 0 Å². The van der Waals surface area contributed by atoms with Crippen molar-refractivity contribution >= 4 is 15.9 Å². The summed E-state index contributed by atoms with van der Waals surface area (Å²) in [7, 11) is 5.52. The van der Waals surface area contributed by atoms with E-state index in [2.05, 4.69) is 0 Å². The van der Waals surface area contributed by atoms with Gasteiger partial charge in [-0.05, 0) is 0 Å². The number of carbonyl (C=O) groups is 1. The Bertz CT molecular complexity index is 101. The molecule has 0 aliphatic rings. The van der Waals surface area contributed by atoms with Gasteiger partial charge in [0.25, 0.3) is 0 Å². The van der Waals surface area contributed by atoms with Crippen molar-refractivity contribution in [2.45, 2.75) is 0 Å². The van der Waals surface area contributed by atoms with Crippen LogP contribution in [0, 0.1) is 0 Å². The lowest BCUT2D eigenvalue weighted by Gasteiger charge is -2.20. The van der Waals surface area contributed by atoms with Crippen LogP contribution in [0.25, 0.3) is 0 Å². The summed E-state index contributed by atoms with van der Waals surface area (Å²) in [4.78, 5) is 10.00. The molecular weight excluding hydrogens is 169 g/mol. The van der Waals surface area contributed by atoms with Crippen LogP contribution in [0.4, 0.5) is 0 Å². The van der Waals surface area contributed by atoms with E-state index in [1.807, 2.05) is 21.1 Å². The van der Waals surface area contributed by atoms with E-state index in [4.69, 9.17) is 5.11 Å². The molecule has 4 N–H and O–H groups in total. The Morgan fingerprint density at radius 3 is 1.64 bits per heavy atom. The van der Waals surface area contributed by atoms with Gasteiger partial charge in [0.15, 0.2) is 6.54 Å². The molecule has 0 fully saturated rings. The summed E-state index contributed by atoms with van der Waals surface area (Å²) in [5.41, 5.74) is 0. The van der Waals surface area contributed by atoms with Crippen LogP contribution in [0.5, 0.6) is 0 Å². The molecule has 0 aromatic rings. The van der Waals surface area contributed by atoms with Gasteiger partial charge in [-0.1, -0.05) is 0 Å². The number of aliphatic carboxylic acids is 1. The molecule has 0 heterocycles. The van der Waals surface area contributed by atoms with E-state index < -0.39 is 5.97 Å². The van der Waals surface area contributed by atoms with Crippen molar-refractivity contribution in [2.75, 3.05) is 27.7 Å². The molecule has 0 aliphatic carbocycles. The van der Waals surface area contributed by atoms with Crippen LogP contribution in [0.2, 0.25) is 0 Å². The third-order valence-corrected chi connectivity index (χ3v) is 0.610. The fourth-order valence-electron chi connectivity index (χ4n) is 0.406. The number of carboxylic acids is 1. The monoisotopic (exact) mass is 187 g/mol. The summed E-state index contributed by atoms with van der Waals surface area (Å²) >= 11 is 0.